The van der Waals surface area contributed by atoms with E-state index in [1.807, 2.05) is 0 Å². The van der Waals surface area contributed by atoms with Gasteiger partial charge in [0.05, 0.1) is 0 Å². The van der Waals surface area contributed by atoms with Crippen molar-refractivity contribution >= 4 is 0 Å². The summed E-state index contributed by atoms with van der Waals surface area (Å²) in [4.78, 5) is 0. The van der Waals surface area contributed by atoms with E-state index in [-0.39, 0.29) is 0 Å². The standard InChI is InChI=1S/C17H27N/c1-3-17(15-12-10-14(2)11-13-15)18-16-8-6-4-5-7-9-16/h10-13,16-18H,3-9H2,1-2H3. The predicted molar refractivity (Wildman–Crippen MR) is 78.8 cm³/mol. The largest absolute Gasteiger partial charge is 0.307 e. The summed E-state index contributed by atoms with van der Waals surface area (Å²) in [6.07, 6.45) is 9.58. The minimum absolute atomic E-state index is 0.536. The van der Waals surface area contributed by atoms with E-state index in [0.29, 0.717) is 6.04 Å². The number of benzene rings is 1. The summed E-state index contributed by atoms with van der Waals surface area (Å²) < 4.78 is 0. The van der Waals surface area contributed by atoms with Gasteiger partial charge in [-0.15, -0.1) is 0 Å². The first-order valence-corrected chi connectivity index (χ1v) is 7.62. The van der Waals surface area contributed by atoms with E-state index >= 15 is 0 Å². The van der Waals surface area contributed by atoms with E-state index < -0.39 is 0 Å². The van der Waals surface area contributed by atoms with Crippen LogP contribution in [0.5, 0.6) is 0 Å². The zero-order valence-electron chi connectivity index (χ0n) is 11.9. The van der Waals surface area contributed by atoms with Crippen molar-refractivity contribution in [2.24, 2.45) is 0 Å². The van der Waals surface area contributed by atoms with Gasteiger partial charge in [0.25, 0.3) is 0 Å². The first kappa shape index (κ1) is 13.6. The van der Waals surface area contributed by atoms with Gasteiger partial charge in [0, 0.05) is 12.1 Å². The summed E-state index contributed by atoms with van der Waals surface area (Å²) in [5, 5.41) is 3.88. The van der Waals surface area contributed by atoms with Crippen molar-refractivity contribution in [3.8, 4) is 0 Å². The first-order valence-electron chi connectivity index (χ1n) is 7.62. The summed E-state index contributed by atoms with van der Waals surface area (Å²) in [7, 11) is 0. The fourth-order valence-corrected chi connectivity index (χ4v) is 2.98. The quantitative estimate of drug-likeness (QED) is 0.754. The van der Waals surface area contributed by atoms with Crippen LogP contribution in [-0.2, 0) is 0 Å². The zero-order valence-corrected chi connectivity index (χ0v) is 11.9. The molecule has 1 fully saturated rings. The number of hydrogen-bond acceptors (Lipinski definition) is 1. The normalized spacial score (nSPS) is 19.4. The maximum atomic E-state index is 3.88. The number of hydrogen-bond donors (Lipinski definition) is 1. The molecule has 1 unspecified atom stereocenters. The van der Waals surface area contributed by atoms with Crippen LogP contribution in [0.15, 0.2) is 24.3 Å². The minimum atomic E-state index is 0.536. The van der Waals surface area contributed by atoms with Gasteiger partial charge < -0.3 is 5.32 Å². The molecule has 1 atom stereocenters. The number of aryl methyl sites for hydroxylation is 1. The molecule has 1 saturated carbocycles. The lowest BCUT2D eigenvalue weighted by molar-refractivity contribution is 0.392. The van der Waals surface area contributed by atoms with E-state index in [0.717, 1.165) is 6.04 Å². The van der Waals surface area contributed by atoms with Crippen LogP contribution in [0.3, 0.4) is 0 Å². The highest BCUT2D eigenvalue weighted by molar-refractivity contribution is 5.24. The predicted octanol–water partition coefficient (Wildman–Crippen LogP) is 4.76. The molecule has 0 bridgehead atoms. The van der Waals surface area contributed by atoms with Gasteiger partial charge in [0.1, 0.15) is 0 Å². The zero-order chi connectivity index (χ0) is 12.8. The van der Waals surface area contributed by atoms with E-state index in [2.05, 4.69) is 43.4 Å². The van der Waals surface area contributed by atoms with Crippen molar-refractivity contribution in [2.45, 2.75) is 70.9 Å². The molecule has 2 rings (SSSR count). The molecule has 0 spiro atoms. The van der Waals surface area contributed by atoms with Crippen molar-refractivity contribution in [2.75, 3.05) is 0 Å². The van der Waals surface area contributed by atoms with Gasteiger partial charge in [-0.25, -0.2) is 0 Å². The topological polar surface area (TPSA) is 12.0 Å². The molecular weight excluding hydrogens is 218 g/mol. The Morgan fingerprint density at radius 1 is 1.06 bits per heavy atom. The summed E-state index contributed by atoms with van der Waals surface area (Å²) >= 11 is 0. The van der Waals surface area contributed by atoms with Gasteiger partial charge in [0.2, 0.25) is 0 Å². The molecule has 1 aromatic rings. The fourth-order valence-electron chi connectivity index (χ4n) is 2.98. The number of rotatable bonds is 4. The van der Waals surface area contributed by atoms with Crippen LogP contribution in [-0.4, -0.2) is 6.04 Å². The highest BCUT2D eigenvalue weighted by Crippen LogP contribution is 2.23. The van der Waals surface area contributed by atoms with Crippen LogP contribution in [0.4, 0.5) is 0 Å². The average molecular weight is 245 g/mol. The third kappa shape index (κ3) is 3.84. The van der Waals surface area contributed by atoms with E-state index in [9.17, 15) is 0 Å². The molecule has 1 nitrogen and oxygen atoms in total. The summed E-state index contributed by atoms with van der Waals surface area (Å²) in [6, 6.07) is 10.3. The Hall–Kier alpha value is -0.820. The van der Waals surface area contributed by atoms with E-state index in [4.69, 9.17) is 0 Å². The van der Waals surface area contributed by atoms with Crippen LogP contribution >= 0.6 is 0 Å². The molecule has 0 saturated heterocycles. The molecule has 1 aliphatic rings. The highest BCUT2D eigenvalue weighted by atomic mass is 14.9. The fraction of sp³-hybridized carbons (Fsp3) is 0.647. The maximum Gasteiger partial charge on any atom is 0.0320 e. The molecule has 0 heterocycles. The molecule has 1 aromatic carbocycles. The second kappa shape index (κ2) is 6.94. The smallest absolute Gasteiger partial charge is 0.0320 e. The minimum Gasteiger partial charge on any atom is -0.307 e. The second-order valence-corrected chi connectivity index (χ2v) is 5.73. The van der Waals surface area contributed by atoms with Crippen LogP contribution in [0.25, 0.3) is 0 Å². The van der Waals surface area contributed by atoms with Crippen molar-refractivity contribution in [3.05, 3.63) is 35.4 Å². The first-order chi connectivity index (χ1) is 8.79. The molecule has 18 heavy (non-hydrogen) atoms. The highest BCUT2D eigenvalue weighted by Gasteiger charge is 2.16. The van der Waals surface area contributed by atoms with Crippen LogP contribution in [0.2, 0.25) is 0 Å². The van der Waals surface area contributed by atoms with E-state index in [1.165, 1.54) is 56.1 Å². The monoisotopic (exact) mass is 245 g/mol. The van der Waals surface area contributed by atoms with Gasteiger partial charge in [-0.3, -0.25) is 0 Å². The molecule has 100 valence electrons. The Balaban J connectivity index is 1.97. The lowest BCUT2D eigenvalue weighted by Crippen LogP contribution is -2.32. The summed E-state index contributed by atoms with van der Waals surface area (Å²) in [5.41, 5.74) is 2.80. The number of nitrogens with one attached hydrogen (secondary N) is 1. The Kier molecular flexibility index (Phi) is 5.25. The van der Waals surface area contributed by atoms with Crippen molar-refractivity contribution in [1.29, 1.82) is 0 Å². The van der Waals surface area contributed by atoms with Crippen LogP contribution in [0.1, 0.15) is 69.0 Å². The molecule has 0 amide bonds. The van der Waals surface area contributed by atoms with Crippen molar-refractivity contribution in [1.82, 2.24) is 5.32 Å². The SMILES string of the molecule is CCC(NC1CCCCCC1)c1ccc(C)cc1. The van der Waals surface area contributed by atoms with Crippen LogP contribution in [0, 0.1) is 6.92 Å². The van der Waals surface area contributed by atoms with Gasteiger partial charge in [-0.2, -0.15) is 0 Å². The van der Waals surface area contributed by atoms with Gasteiger partial charge in [-0.05, 0) is 31.7 Å². The Bertz CT molecular complexity index is 333. The molecule has 0 aliphatic heterocycles. The van der Waals surface area contributed by atoms with Gasteiger partial charge in [-0.1, -0.05) is 62.4 Å². The van der Waals surface area contributed by atoms with Gasteiger partial charge >= 0.3 is 0 Å². The molecule has 0 aromatic heterocycles. The summed E-state index contributed by atoms with van der Waals surface area (Å²) in [6.45, 7) is 4.44. The average Bonchev–Trinajstić information content (AvgIpc) is 2.66. The van der Waals surface area contributed by atoms with Crippen molar-refractivity contribution < 1.29 is 0 Å². The Labute approximate surface area is 112 Å². The summed E-state index contributed by atoms with van der Waals surface area (Å²) in [5.74, 6) is 0. The van der Waals surface area contributed by atoms with Gasteiger partial charge in [0.15, 0.2) is 0 Å². The molecule has 0 radical (unpaired) electrons. The lowest BCUT2D eigenvalue weighted by atomic mass is 10.00. The second-order valence-electron chi connectivity index (χ2n) is 5.73. The van der Waals surface area contributed by atoms with E-state index in [1.54, 1.807) is 0 Å². The molecule has 1 N–H and O–H groups in total. The third-order valence-corrected chi connectivity index (χ3v) is 4.18. The molecular formula is C17H27N. The van der Waals surface area contributed by atoms with Crippen molar-refractivity contribution in [3.63, 3.8) is 0 Å². The Morgan fingerprint density at radius 3 is 2.22 bits per heavy atom. The molecule has 1 aliphatic carbocycles. The maximum absolute atomic E-state index is 3.88. The third-order valence-electron chi connectivity index (χ3n) is 4.18. The Morgan fingerprint density at radius 2 is 1.67 bits per heavy atom. The molecule has 1 heteroatoms. The lowest BCUT2D eigenvalue weighted by Gasteiger charge is -2.24. The van der Waals surface area contributed by atoms with Crippen LogP contribution < -0.4 is 5.32 Å².